The van der Waals surface area contributed by atoms with Crippen molar-refractivity contribution in [2.75, 3.05) is 11.9 Å². The van der Waals surface area contributed by atoms with Crippen molar-refractivity contribution in [3.05, 3.63) is 108 Å². The van der Waals surface area contributed by atoms with Crippen LogP contribution in [0.15, 0.2) is 91.3 Å². The van der Waals surface area contributed by atoms with Crippen molar-refractivity contribution >= 4 is 39.5 Å². The number of rotatable bonds is 8. The molecular weight excluding hydrogens is 495 g/mol. The van der Waals surface area contributed by atoms with Crippen LogP contribution in [0.3, 0.4) is 0 Å². The van der Waals surface area contributed by atoms with Crippen LogP contribution < -0.4 is 15.4 Å². The molecule has 0 saturated carbocycles. The first-order valence-corrected chi connectivity index (χ1v) is 12.5. The van der Waals surface area contributed by atoms with E-state index in [1.165, 1.54) is 12.1 Å². The third-order valence-corrected chi connectivity index (χ3v) is 6.51. The third kappa shape index (κ3) is 5.15. The summed E-state index contributed by atoms with van der Waals surface area (Å²) >= 11 is 0. The smallest absolute Gasteiger partial charge is 0.270 e. The van der Waals surface area contributed by atoms with Gasteiger partial charge in [-0.05, 0) is 60.5 Å². The number of para-hydroxylation sites is 1. The summed E-state index contributed by atoms with van der Waals surface area (Å²) in [5.41, 5.74) is 4.86. The van der Waals surface area contributed by atoms with Crippen LogP contribution >= 0.6 is 0 Å². The number of aromatic nitrogens is 4. The maximum atomic E-state index is 13.2. The minimum atomic E-state index is -0.297. The molecule has 9 heteroatoms. The fourth-order valence-electron chi connectivity index (χ4n) is 4.49. The Morgan fingerprint density at radius 2 is 1.85 bits per heavy atom. The van der Waals surface area contributed by atoms with E-state index in [0.29, 0.717) is 30.4 Å². The first-order chi connectivity index (χ1) is 19.0. The summed E-state index contributed by atoms with van der Waals surface area (Å²) in [4.78, 5) is 24.9. The Bertz CT molecular complexity index is 1790. The molecule has 1 amide bonds. The van der Waals surface area contributed by atoms with Gasteiger partial charge in [0.1, 0.15) is 23.0 Å². The zero-order valence-electron chi connectivity index (χ0n) is 21.1. The number of aromatic amines is 1. The summed E-state index contributed by atoms with van der Waals surface area (Å²) in [7, 11) is 1.90. The van der Waals surface area contributed by atoms with Crippen LogP contribution in [0.4, 0.5) is 16.0 Å². The lowest BCUT2D eigenvalue weighted by Gasteiger charge is -2.08. The molecule has 0 atom stereocenters. The highest BCUT2D eigenvalue weighted by Crippen LogP contribution is 2.28. The number of halogens is 1. The minimum Gasteiger partial charge on any atom is -0.457 e. The molecule has 0 radical (unpaired) electrons. The van der Waals surface area contributed by atoms with E-state index in [1.807, 2.05) is 54.2 Å². The molecule has 194 valence electrons. The van der Waals surface area contributed by atoms with Crippen LogP contribution in [-0.2, 0) is 13.5 Å². The number of aryl methyl sites for hydroxylation is 1. The van der Waals surface area contributed by atoms with E-state index < -0.39 is 0 Å². The van der Waals surface area contributed by atoms with Crippen molar-refractivity contribution in [1.82, 2.24) is 24.8 Å². The summed E-state index contributed by atoms with van der Waals surface area (Å²) in [6, 6.07) is 23.1. The van der Waals surface area contributed by atoms with Gasteiger partial charge in [-0.1, -0.05) is 18.2 Å². The molecule has 0 aliphatic carbocycles. The average Bonchev–Trinajstić information content (AvgIpc) is 3.50. The largest absolute Gasteiger partial charge is 0.457 e. The molecular formula is C30H25FN6O2. The summed E-state index contributed by atoms with van der Waals surface area (Å²) in [5, 5.41) is 7.30. The highest BCUT2D eigenvalue weighted by Gasteiger charge is 2.12. The van der Waals surface area contributed by atoms with Gasteiger partial charge in [0.15, 0.2) is 0 Å². The van der Waals surface area contributed by atoms with Crippen LogP contribution in [0.2, 0.25) is 0 Å². The fourth-order valence-corrected chi connectivity index (χ4v) is 4.49. The minimum absolute atomic E-state index is 0.267. The number of nitrogens with one attached hydrogen (secondary N) is 3. The van der Waals surface area contributed by atoms with Crippen LogP contribution in [0.1, 0.15) is 16.1 Å². The summed E-state index contributed by atoms with van der Waals surface area (Å²) in [5.74, 6) is 1.12. The molecule has 3 N–H and O–H groups in total. The summed E-state index contributed by atoms with van der Waals surface area (Å²) in [6.07, 6.45) is 4.23. The Balaban J connectivity index is 1.12. The van der Waals surface area contributed by atoms with E-state index in [9.17, 15) is 9.18 Å². The quantitative estimate of drug-likeness (QED) is 0.225. The van der Waals surface area contributed by atoms with Gasteiger partial charge in [-0.3, -0.25) is 9.78 Å². The van der Waals surface area contributed by atoms with E-state index in [-0.39, 0.29) is 17.4 Å². The fraction of sp³-hybridized carbons (Fsp3) is 0.100. The lowest BCUT2D eigenvalue weighted by Crippen LogP contribution is -2.26. The maximum Gasteiger partial charge on any atom is 0.270 e. The number of amides is 1. The lowest BCUT2D eigenvalue weighted by molar-refractivity contribution is 0.0949. The van der Waals surface area contributed by atoms with Gasteiger partial charge in [0.25, 0.3) is 5.91 Å². The first kappa shape index (κ1) is 24.2. The van der Waals surface area contributed by atoms with Gasteiger partial charge in [-0.15, -0.1) is 0 Å². The molecule has 6 aromatic rings. The maximum absolute atomic E-state index is 13.2. The van der Waals surface area contributed by atoms with Crippen molar-refractivity contribution in [2.45, 2.75) is 6.42 Å². The van der Waals surface area contributed by atoms with Gasteiger partial charge >= 0.3 is 0 Å². The number of H-pyrrole nitrogens is 1. The summed E-state index contributed by atoms with van der Waals surface area (Å²) < 4.78 is 21.2. The predicted octanol–water partition coefficient (Wildman–Crippen LogP) is 6.10. The number of anilines is 2. The van der Waals surface area contributed by atoms with Gasteiger partial charge in [-0.25, -0.2) is 9.37 Å². The Morgan fingerprint density at radius 1 is 1.03 bits per heavy atom. The molecule has 3 aromatic carbocycles. The number of nitrogens with zero attached hydrogens (tertiary/aromatic N) is 3. The second kappa shape index (κ2) is 10.3. The number of carbonyl (C=O) groups excluding carboxylic acids is 1. The normalized spacial score (nSPS) is 11.1. The van der Waals surface area contributed by atoms with E-state index in [0.717, 1.165) is 33.2 Å². The average molecular weight is 521 g/mol. The second-order valence-corrected chi connectivity index (χ2v) is 9.12. The number of hydrogen-bond acceptors (Lipinski definition) is 5. The van der Waals surface area contributed by atoms with Crippen molar-refractivity contribution < 1.29 is 13.9 Å². The predicted molar refractivity (Wildman–Crippen MR) is 149 cm³/mol. The van der Waals surface area contributed by atoms with Gasteiger partial charge in [0.05, 0.1) is 11.0 Å². The number of pyridine rings is 1. The molecule has 39 heavy (non-hydrogen) atoms. The first-order valence-electron chi connectivity index (χ1n) is 12.5. The standard InChI is InChI=1S/C30H25FN6O2/c1-37-28-11-10-22(16-26(28)36-30(37)35-21-8-6-20(31)7-9-21)39-23-13-15-32-27(17-23)29(38)33-14-12-19-18-34-25-5-3-2-4-24(19)25/h2-11,13,15-18,34H,12,14H2,1H3,(H,33,38)(H,35,36). The molecule has 0 fully saturated rings. The molecule has 0 bridgehead atoms. The Labute approximate surface area is 223 Å². The number of hydrogen-bond donors (Lipinski definition) is 3. The van der Waals surface area contributed by atoms with Crippen LogP contribution in [0, 0.1) is 5.82 Å². The van der Waals surface area contributed by atoms with E-state index in [4.69, 9.17) is 4.74 Å². The van der Waals surface area contributed by atoms with Gasteiger partial charge in [-0.2, -0.15) is 0 Å². The molecule has 3 heterocycles. The molecule has 0 aliphatic heterocycles. The van der Waals surface area contributed by atoms with Crippen molar-refractivity contribution in [3.8, 4) is 11.5 Å². The van der Waals surface area contributed by atoms with Crippen LogP contribution in [0.25, 0.3) is 21.9 Å². The number of ether oxygens (including phenoxy) is 1. The number of benzene rings is 3. The monoisotopic (exact) mass is 520 g/mol. The molecule has 0 aliphatic rings. The Hall–Kier alpha value is -5.18. The van der Waals surface area contributed by atoms with E-state index in [1.54, 1.807) is 30.5 Å². The number of carbonyl (C=O) groups is 1. The SMILES string of the molecule is Cn1c(Nc2ccc(F)cc2)nc2cc(Oc3ccnc(C(=O)NCCc4c[nH]c5ccccc45)c3)ccc21. The topological polar surface area (TPSA) is 96.9 Å². The van der Waals surface area contributed by atoms with Crippen LogP contribution in [-0.4, -0.2) is 32.0 Å². The zero-order valence-corrected chi connectivity index (χ0v) is 21.1. The highest BCUT2D eigenvalue weighted by atomic mass is 19.1. The van der Waals surface area contributed by atoms with Gasteiger partial charge < -0.3 is 24.9 Å². The van der Waals surface area contributed by atoms with Crippen molar-refractivity contribution in [1.29, 1.82) is 0 Å². The Morgan fingerprint density at radius 3 is 2.72 bits per heavy atom. The number of fused-ring (bicyclic) bond motifs is 2. The lowest BCUT2D eigenvalue weighted by atomic mass is 10.1. The highest BCUT2D eigenvalue weighted by molar-refractivity contribution is 5.92. The van der Waals surface area contributed by atoms with E-state index in [2.05, 4.69) is 31.7 Å². The zero-order chi connectivity index (χ0) is 26.8. The van der Waals surface area contributed by atoms with Crippen molar-refractivity contribution in [3.63, 3.8) is 0 Å². The molecule has 8 nitrogen and oxygen atoms in total. The number of imidazole rings is 1. The molecule has 0 unspecified atom stereocenters. The van der Waals surface area contributed by atoms with Crippen molar-refractivity contribution in [2.24, 2.45) is 7.05 Å². The molecule has 3 aromatic heterocycles. The molecule has 0 spiro atoms. The second-order valence-electron chi connectivity index (χ2n) is 9.12. The third-order valence-electron chi connectivity index (χ3n) is 6.51. The molecule has 6 rings (SSSR count). The summed E-state index contributed by atoms with van der Waals surface area (Å²) in [6.45, 7) is 0.484. The molecule has 0 saturated heterocycles. The van der Waals surface area contributed by atoms with E-state index >= 15 is 0 Å². The van der Waals surface area contributed by atoms with Crippen LogP contribution in [0.5, 0.6) is 11.5 Å². The van der Waals surface area contributed by atoms with Gasteiger partial charge in [0.2, 0.25) is 5.95 Å². The Kier molecular flexibility index (Phi) is 6.38. The van der Waals surface area contributed by atoms with Gasteiger partial charge in [0, 0.05) is 54.7 Å².